The predicted molar refractivity (Wildman–Crippen MR) is 47.7 cm³/mol. The SMILES string of the molecule is CN(C)c1n[nH]c2c1[C@H]1CC1C2(F)F. The van der Waals surface area contributed by atoms with Gasteiger partial charge in [0.05, 0.1) is 0 Å². The molecular formula is C9H11F2N3. The zero-order chi connectivity index (χ0) is 10.1. The molecule has 1 N–H and O–H groups in total. The van der Waals surface area contributed by atoms with Crippen molar-refractivity contribution in [2.45, 2.75) is 18.3 Å². The Bertz CT molecular complexity index is 397. The number of nitrogens with one attached hydrogen (secondary N) is 1. The van der Waals surface area contributed by atoms with Crippen LogP contribution in [0.2, 0.25) is 0 Å². The number of halogens is 2. The second-order valence-electron chi connectivity index (χ2n) is 4.30. The highest BCUT2D eigenvalue weighted by Crippen LogP contribution is 2.67. The Balaban J connectivity index is 2.17. The molecule has 1 unspecified atom stereocenters. The number of hydrogen-bond acceptors (Lipinski definition) is 2. The molecule has 1 saturated carbocycles. The number of hydrogen-bond donors (Lipinski definition) is 1. The zero-order valence-electron chi connectivity index (χ0n) is 8.01. The summed E-state index contributed by atoms with van der Waals surface area (Å²) >= 11 is 0. The maximum Gasteiger partial charge on any atom is 0.292 e. The smallest absolute Gasteiger partial charge is 0.292 e. The lowest BCUT2D eigenvalue weighted by molar-refractivity contribution is -0.0268. The van der Waals surface area contributed by atoms with Crippen molar-refractivity contribution < 1.29 is 8.78 Å². The molecule has 1 fully saturated rings. The molecule has 76 valence electrons. The summed E-state index contributed by atoms with van der Waals surface area (Å²) in [6.45, 7) is 0. The minimum absolute atomic E-state index is 0.0381. The Labute approximate surface area is 80.1 Å². The second kappa shape index (κ2) is 2.10. The van der Waals surface area contributed by atoms with E-state index in [9.17, 15) is 8.78 Å². The normalized spacial score (nSPS) is 31.1. The first-order valence-corrected chi connectivity index (χ1v) is 4.67. The Morgan fingerprint density at radius 2 is 2.21 bits per heavy atom. The number of aromatic amines is 1. The number of aromatic nitrogens is 2. The quantitative estimate of drug-likeness (QED) is 0.746. The van der Waals surface area contributed by atoms with Crippen LogP contribution < -0.4 is 4.90 Å². The van der Waals surface area contributed by atoms with Crippen LogP contribution >= 0.6 is 0 Å². The van der Waals surface area contributed by atoms with Crippen LogP contribution in [0, 0.1) is 5.92 Å². The lowest BCUT2D eigenvalue weighted by atomic mass is 10.1. The molecule has 1 aromatic heterocycles. The van der Waals surface area contributed by atoms with Crippen LogP contribution in [0.15, 0.2) is 0 Å². The van der Waals surface area contributed by atoms with Crippen LogP contribution in [0.25, 0.3) is 0 Å². The zero-order valence-corrected chi connectivity index (χ0v) is 8.01. The first-order chi connectivity index (χ1) is 6.53. The molecular weight excluding hydrogens is 188 g/mol. The Kier molecular flexibility index (Phi) is 1.23. The summed E-state index contributed by atoms with van der Waals surface area (Å²) in [6.07, 6.45) is 0.611. The van der Waals surface area contributed by atoms with Gasteiger partial charge in [-0.1, -0.05) is 0 Å². The summed E-state index contributed by atoms with van der Waals surface area (Å²) in [5.74, 6) is -2.44. The van der Waals surface area contributed by atoms with E-state index in [0.717, 1.165) is 5.56 Å². The summed E-state index contributed by atoms with van der Waals surface area (Å²) in [5, 5.41) is 6.41. The first kappa shape index (κ1) is 8.20. The minimum atomic E-state index is -2.68. The summed E-state index contributed by atoms with van der Waals surface area (Å²) in [5.41, 5.74) is 0.785. The molecule has 2 aliphatic rings. The molecule has 2 aliphatic carbocycles. The molecule has 0 aromatic carbocycles. The van der Waals surface area contributed by atoms with E-state index in [0.29, 0.717) is 12.2 Å². The molecule has 1 aromatic rings. The highest BCUT2D eigenvalue weighted by Gasteiger charge is 2.66. The average molecular weight is 199 g/mol. The van der Waals surface area contributed by atoms with E-state index < -0.39 is 11.8 Å². The van der Waals surface area contributed by atoms with Gasteiger partial charge in [-0.2, -0.15) is 13.9 Å². The van der Waals surface area contributed by atoms with Gasteiger partial charge in [0.15, 0.2) is 5.82 Å². The van der Waals surface area contributed by atoms with Crippen molar-refractivity contribution >= 4 is 5.82 Å². The van der Waals surface area contributed by atoms with Crippen LogP contribution in [0.1, 0.15) is 23.6 Å². The van der Waals surface area contributed by atoms with E-state index in [-0.39, 0.29) is 11.6 Å². The van der Waals surface area contributed by atoms with Crippen molar-refractivity contribution in [1.29, 1.82) is 0 Å². The van der Waals surface area contributed by atoms with Crippen LogP contribution in [0.4, 0.5) is 14.6 Å². The van der Waals surface area contributed by atoms with E-state index in [1.807, 2.05) is 14.1 Å². The van der Waals surface area contributed by atoms with Gasteiger partial charge in [0.25, 0.3) is 5.92 Å². The third kappa shape index (κ3) is 0.738. The van der Waals surface area contributed by atoms with Crippen LogP contribution in [0.5, 0.6) is 0 Å². The largest absolute Gasteiger partial charge is 0.361 e. The van der Waals surface area contributed by atoms with Crippen LogP contribution in [-0.2, 0) is 5.92 Å². The van der Waals surface area contributed by atoms with Crippen molar-refractivity contribution in [2.24, 2.45) is 5.92 Å². The van der Waals surface area contributed by atoms with Gasteiger partial charge < -0.3 is 4.90 Å². The molecule has 3 nitrogen and oxygen atoms in total. The molecule has 3 rings (SSSR count). The Morgan fingerprint density at radius 1 is 1.50 bits per heavy atom. The van der Waals surface area contributed by atoms with Gasteiger partial charge in [-0.3, -0.25) is 5.10 Å². The Morgan fingerprint density at radius 3 is 2.86 bits per heavy atom. The van der Waals surface area contributed by atoms with Gasteiger partial charge in [-0.15, -0.1) is 0 Å². The van der Waals surface area contributed by atoms with E-state index in [2.05, 4.69) is 10.2 Å². The fourth-order valence-electron chi connectivity index (χ4n) is 2.39. The predicted octanol–water partition coefficient (Wildman–Crippen LogP) is 1.68. The molecule has 2 atom stereocenters. The molecule has 0 amide bonds. The van der Waals surface area contributed by atoms with E-state index >= 15 is 0 Å². The third-order valence-corrected chi connectivity index (χ3v) is 3.17. The molecule has 0 radical (unpaired) electrons. The van der Waals surface area contributed by atoms with E-state index in [4.69, 9.17) is 0 Å². The molecule has 14 heavy (non-hydrogen) atoms. The monoisotopic (exact) mass is 199 g/mol. The molecule has 0 spiro atoms. The van der Waals surface area contributed by atoms with E-state index in [1.54, 1.807) is 4.90 Å². The fraction of sp³-hybridized carbons (Fsp3) is 0.667. The van der Waals surface area contributed by atoms with Crippen molar-refractivity contribution in [3.63, 3.8) is 0 Å². The average Bonchev–Trinajstić information content (AvgIpc) is 2.70. The maximum absolute atomic E-state index is 13.6. The topological polar surface area (TPSA) is 31.9 Å². The number of anilines is 1. The number of rotatable bonds is 1. The third-order valence-electron chi connectivity index (χ3n) is 3.17. The van der Waals surface area contributed by atoms with Crippen LogP contribution in [-0.4, -0.2) is 24.3 Å². The second-order valence-corrected chi connectivity index (χ2v) is 4.30. The first-order valence-electron chi connectivity index (χ1n) is 4.67. The van der Waals surface area contributed by atoms with Gasteiger partial charge in [0.1, 0.15) is 5.69 Å². The fourth-order valence-corrected chi connectivity index (χ4v) is 2.39. The van der Waals surface area contributed by atoms with Gasteiger partial charge in [-0.25, -0.2) is 0 Å². The number of H-pyrrole nitrogens is 1. The standard InChI is InChI=1S/C9H11F2N3/c1-14(2)8-6-4-3-5(4)9(10,11)7(6)12-13-8/h4-5H,3H2,1-2H3,(H,12,13)/t4-,5?/m0/s1. The van der Waals surface area contributed by atoms with E-state index in [1.165, 1.54) is 0 Å². The number of alkyl halides is 2. The molecule has 0 aliphatic heterocycles. The van der Waals surface area contributed by atoms with Crippen LogP contribution in [0.3, 0.4) is 0 Å². The molecule has 1 heterocycles. The summed E-state index contributed by atoms with van der Waals surface area (Å²) in [7, 11) is 3.65. The molecule has 0 bridgehead atoms. The van der Waals surface area contributed by atoms with Crippen molar-refractivity contribution in [1.82, 2.24) is 10.2 Å². The van der Waals surface area contributed by atoms with Gasteiger partial charge >= 0.3 is 0 Å². The lowest BCUT2D eigenvalue weighted by Gasteiger charge is -2.10. The van der Waals surface area contributed by atoms with Crippen molar-refractivity contribution in [3.8, 4) is 0 Å². The highest BCUT2D eigenvalue weighted by molar-refractivity contribution is 5.57. The van der Waals surface area contributed by atoms with Gasteiger partial charge in [0, 0.05) is 25.6 Å². The minimum Gasteiger partial charge on any atom is -0.361 e. The van der Waals surface area contributed by atoms with Gasteiger partial charge in [0.2, 0.25) is 0 Å². The van der Waals surface area contributed by atoms with Crippen molar-refractivity contribution in [3.05, 3.63) is 11.3 Å². The summed E-state index contributed by atoms with van der Waals surface area (Å²) in [4.78, 5) is 1.78. The lowest BCUT2D eigenvalue weighted by Crippen LogP contribution is -2.14. The summed E-state index contributed by atoms with van der Waals surface area (Å²) in [6, 6.07) is 0. The highest BCUT2D eigenvalue weighted by atomic mass is 19.3. The summed E-state index contributed by atoms with van der Waals surface area (Å²) < 4.78 is 27.1. The molecule has 0 saturated heterocycles. The van der Waals surface area contributed by atoms with Crippen molar-refractivity contribution in [2.75, 3.05) is 19.0 Å². The number of fused-ring (bicyclic) bond motifs is 3. The van der Waals surface area contributed by atoms with Gasteiger partial charge in [-0.05, 0) is 12.3 Å². The number of nitrogens with zero attached hydrogens (tertiary/aromatic N) is 2. The Hall–Kier alpha value is -1.13. The molecule has 5 heteroatoms. The maximum atomic E-state index is 13.6.